The molecule has 31 heavy (non-hydrogen) atoms. The summed E-state index contributed by atoms with van der Waals surface area (Å²) in [6.07, 6.45) is 6.82. The van der Waals surface area contributed by atoms with Crippen LogP contribution < -0.4 is 5.32 Å². The van der Waals surface area contributed by atoms with Crippen LogP contribution in [-0.4, -0.2) is 55.0 Å². The molecule has 3 atom stereocenters. The van der Waals surface area contributed by atoms with Crippen LogP contribution in [-0.2, 0) is 4.74 Å². The van der Waals surface area contributed by atoms with Gasteiger partial charge in [-0.1, -0.05) is 25.7 Å². The highest BCUT2D eigenvalue weighted by Gasteiger charge is 2.60. The third-order valence-electron chi connectivity index (χ3n) is 7.84. The Morgan fingerprint density at radius 3 is 2.19 bits per heavy atom. The number of amides is 2. The van der Waals surface area contributed by atoms with Crippen molar-refractivity contribution in [3.8, 4) is 0 Å². The van der Waals surface area contributed by atoms with Crippen LogP contribution in [0.25, 0.3) is 0 Å². The molecule has 4 fully saturated rings. The normalized spacial score (nSPS) is 31.4. The molecule has 4 saturated carbocycles. The summed E-state index contributed by atoms with van der Waals surface area (Å²) in [5.41, 5.74) is -0.924. The second kappa shape index (κ2) is 8.27. The number of alkyl carbamates (subject to hydrolysis) is 1. The van der Waals surface area contributed by atoms with Gasteiger partial charge in [0.05, 0.1) is 5.54 Å². The van der Waals surface area contributed by atoms with Crippen LogP contribution in [0.1, 0.15) is 65.7 Å². The van der Waals surface area contributed by atoms with Gasteiger partial charge in [0.25, 0.3) is 0 Å². The number of carbonyl (C=O) groups is 2. The number of nitrogens with one attached hydrogen (secondary N) is 1. The number of hydrogen-bond donors (Lipinski definition) is 2. The van der Waals surface area contributed by atoms with Gasteiger partial charge in [0.2, 0.25) is 0 Å². The summed E-state index contributed by atoms with van der Waals surface area (Å²) in [6, 6.07) is 1.05. The number of carbonyl (C=O) groups excluding carboxylic acids is 1. The van der Waals surface area contributed by atoms with Crippen LogP contribution in [0.3, 0.4) is 0 Å². The molecule has 0 aromatic heterocycles. The van der Waals surface area contributed by atoms with Crippen LogP contribution >= 0.6 is 0 Å². The van der Waals surface area contributed by atoms with Crippen molar-refractivity contribution in [1.29, 1.82) is 0 Å². The van der Waals surface area contributed by atoms with Crippen molar-refractivity contribution in [2.45, 2.75) is 103 Å². The first-order valence-corrected chi connectivity index (χ1v) is 15.8. The van der Waals surface area contributed by atoms with Crippen molar-refractivity contribution in [2.24, 2.45) is 23.2 Å². The summed E-state index contributed by atoms with van der Waals surface area (Å²) in [5, 5.41) is 12.9. The van der Waals surface area contributed by atoms with E-state index in [9.17, 15) is 14.7 Å². The van der Waals surface area contributed by atoms with Crippen LogP contribution in [0.15, 0.2) is 0 Å². The predicted molar refractivity (Wildman–Crippen MR) is 126 cm³/mol. The van der Waals surface area contributed by atoms with Gasteiger partial charge in [-0.05, 0) is 88.9 Å². The van der Waals surface area contributed by atoms with E-state index in [1.54, 1.807) is 7.05 Å². The summed E-state index contributed by atoms with van der Waals surface area (Å²) >= 11 is 0. The van der Waals surface area contributed by atoms with Crippen molar-refractivity contribution in [1.82, 2.24) is 10.2 Å². The van der Waals surface area contributed by atoms with E-state index in [4.69, 9.17) is 4.74 Å². The lowest BCUT2D eigenvalue weighted by Crippen LogP contribution is -2.59. The predicted octanol–water partition coefficient (Wildman–Crippen LogP) is 5.80. The molecular formula is C24H44N2O4Si. The lowest BCUT2D eigenvalue weighted by atomic mass is 9.67. The van der Waals surface area contributed by atoms with Gasteiger partial charge in [-0.2, -0.15) is 0 Å². The number of hydrogen-bond acceptors (Lipinski definition) is 3. The van der Waals surface area contributed by atoms with E-state index in [0.29, 0.717) is 6.54 Å². The van der Waals surface area contributed by atoms with Gasteiger partial charge in [-0.25, -0.2) is 9.59 Å². The molecule has 0 aromatic carbocycles. The summed E-state index contributed by atoms with van der Waals surface area (Å²) in [6.45, 7) is 13.0. The molecule has 6 nitrogen and oxygen atoms in total. The lowest BCUT2D eigenvalue weighted by molar-refractivity contribution is 0.0318. The summed E-state index contributed by atoms with van der Waals surface area (Å²) in [5.74, 6) is 2.38. The Labute approximate surface area is 189 Å². The van der Waals surface area contributed by atoms with Gasteiger partial charge in [0.15, 0.2) is 0 Å². The molecule has 2 N–H and O–H groups in total. The number of rotatable bonds is 8. The molecule has 2 amide bonds. The van der Waals surface area contributed by atoms with Gasteiger partial charge < -0.3 is 20.1 Å². The Bertz CT molecular complexity index is 685. The van der Waals surface area contributed by atoms with Crippen LogP contribution in [0.4, 0.5) is 9.59 Å². The molecule has 7 heteroatoms. The zero-order valence-corrected chi connectivity index (χ0v) is 21.7. The van der Waals surface area contributed by atoms with E-state index in [1.165, 1.54) is 37.0 Å². The first-order valence-electron chi connectivity index (χ1n) is 12.1. The molecule has 4 rings (SSSR count). The molecule has 0 radical (unpaired) electrons. The van der Waals surface area contributed by atoms with Gasteiger partial charge in [-0.3, -0.25) is 0 Å². The number of likely N-dealkylation sites (N-methyl/N-ethyl adjacent to an activating group) is 1. The number of carboxylic acid groups (broad SMARTS) is 1. The van der Waals surface area contributed by atoms with Crippen molar-refractivity contribution in [3.05, 3.63) is 0 Å². The Morgan fingerprint density at radius 1 is 1.13 bits per heavy atom. The van der Waals surface area contributed by atoms with E-state index in [0.717, 1.165) is 36.6 Å². The molecule has 0 spiro atoms. The standard InChI is InChI=1S/C24H44N2O4Si/c1-22(2,3)30-20(27)25-24(8-9-31(5,6)7,16-26(4)21(28)29)15-23-13-17-10-18(14-23)12-19(23)11-17/h17-19H,8-16H2,1-7H3,(H,25,27)(H,28,29)/t17?,18?,19?,23?,24-/m0/s1. The van der Waals surface area contributed by atoms with E-state index in [2.05, 4.69) is 25.0 Å². The van der Waals surface area contributed by atoms with E-state index in [-0.39, 0.29) is 5.41 Å². The topological polar surface area (TPSA) is 78.9 Å². The first-order chi connectivity index (χ1) is 14.1. The smallest absolute Gasteiger partial charge is 0.408 e. The second-order valence-electron chi connectivity index (χ2n) is 13.2. The summed E-state index contributed by atoms with van der Waals surface area (Å²) < 4.78 is 5.67. The van der Waals surface area contributed by atoms with Gasteiger partial charge in [0.1, 0.15) is 5.60 Å². The highest BCUT2D eigenvalue weighted by Crippen LogP contribution is 2.68. The van der Waals surface area contributed by atoms with E-state index in [1.807, 2.05) is 20.8 Å². The molecule has 2 unspecified atom stereocenters. The third kappa shape index (κ3) is 5.96. The SMILES string of the molecule is CN(C[C@](CC[Si](C)(C)C)(CC12CC3CC(CC1C3)C2)NC(=O)OC(C)(C)C)C(=O)O. The molecule has 4 aliphatic rings. The molecule has 178 valence electrons. The van der Waals surface area contributed by atoms with Gasteiger partial charge in [0, 0.05) is 21.7 Å². The number of nitrogens with zero attached hydrogens (tertiary/aromatic N) is 1. The van der Waals surface area contributed by atoms with Crippen LogP contribution in [0.5, 0.6) is 0 Å². The highest BCUT2D eigenvalue weighted by molar-refractivity contribution is 6.76. The maximum Gasteiger partial charge on any atom is 0.408 e. The zero-order chi connectivity index (χ0) is 23.2. The van der Waals surface area contributed by atoms with Crippen molar-refractivity contribution in [3.63, 3.8) is 0 Å². The molecule has 4 bridgehead atoms. The molecule has 0 saturated heterocycles. The summed E-state index contributed by atoms with van der Waals surface area (Å²) in [4.78, 5) is 26.2. The van der Waals surface area contributed by atoms with Crippen molar-refractivity contribution >= 4 is 20.3 Å². The maximum absolute atomic E-state index is 13.0. The molecule has 4 aliphatic carbocycles. The Balaban J connectivity index is 1.91. The van der Waals surface area contributed by atoms with E-state index >= 15 is 0 Å². The van der Waals surface area contributed by atoms with Crippen LogP contribution in [0, 0.1) is 23.2 Å². The average Bonchev–Trinajstić information content (AvgIpc) is 2.93. The minimum absolute atomic E-state index is 0.251. The summed E-state index contributed by atoms with van der Waals surface area (Å²) in [7, 11) is 0.226. The van der Waals surface area contributed by atoms with Gasteiger partial charge >= 0.3 is 12.2 Å². The molecule has 0 aromatic rings. The van der Waals surface area contributed by atoms with Crippen molar-refractivity contribution < 1.29 is 19.4 Å². The third-order valence-corrected chi connectivity index (χ3v) is 9.59. The molecule has 0 heterocycles. The highest BCUT2D eigenvalue weighted by atomic mass is 28.3. The Morgan fingerprint density at radius 2 is 1.71 bits per heavy atom. The number of ether oxygens (including phenoxy) is 1. The average molecular weight is 453 g/mol. The fourth-order valence-corrected chi connectivity index (χ4v) is 8.18. The zero-order valence-electron chi connectivity index (χ0n) is 20.7. The molecular weight excluding hydrogens is 408 g/mol. The first kappa shape index (κ1) is 24.4. The van der Waals surface area contributed by atoms with Crippen molar-refractivity contribution in [2.75, 3.05) is 13.6 Å². The largest absolute Gasteiger partial charge is 0.465 e. The van der Waals surface area contributed by atoms with E-state index < -0.39 is 31.4 Å². The monoisotopic (exact) mass is 452 g/mol. The quantitative estimate of drug-likeness (QED) is 0.456. The second-order valence-corrected chi connectivity index (χ2v) is 18.8. The minimum atomic E-state index is -1.40. The lowest BCUT2D eigenvalue weighted by Gasteiger charge is -2.46. The van der Waals surface area contributed by atoms with Crippen LogP contribution in [0.2, 0.25) is 25.7 Å². The fraction of sp³-hybridized carbons (Fsp3) is 0.917. The Hall–Kier alpha value is -1.24. The maximum atomic E-state index is 13.0. The fourth-order valence-electron chi connectivity index (χ4n) is 6.95. The Kier molecular flexibility index (Phi) is 6.51. The molecule has 0 aliphatic heterocycles. The minimum Gasteiger partial charge on any atom is -0.465 e. The van der Waals surface area contributed by atoms with Gasteiger partial charge in [-0.15, -0.1) is 0 Å².